The van der Waals surface area contributed by atoms with Gasteiger partial charge in [-0.15, -0.1) is 0 Å². The van der Waals surface area contributed by atoms with Crippen molar-refractivity contribution in [3.8, 4) is 11.5 Å². The lowest BCUT2D eigenvalue weighted by molar-refractivity contribution is 0.203. The van der Waals surface area contributed by atoms with Gasteiger partial charge in [0.05, 0.1) is 12.8 Å². The molecule has 0 fully saturated rings. The zero-order valence-corrected chi connectivity index (χ0v) is 12.6. The Kier molecular flexibility index (Phi) is 3.63. The second-order valence-electron chi connectivity index (χ2n) is 5.39. The van der Waals surface area contributed by atoms with Gasteiger partial charge in [0.1, 0.15) is 0 Å². The second kappa shape index (κ2) is 5.60. The van der Waals surface area contributed by atoms with Crippen LogP contribution in [-0.4, -0.2) is 23.1 Å². The molecule has 22 heavy (non-hydrogen) atoms. The highest BCUT2D eigenvalue weighted by Gasteiger charge is 2.24. The van der Waals surface area contributed by atoms with E-state index in [9.17, 15) is 9.90 Å². The number of urea groups is 1. The molecule has 2 aromatic rings. The van der Waals surface area contributed by atoms with Crippen molar-refractivity contribution in [2.75, 3.05) is 12.4 Å². The van der Waals surface area contributed by atoms with Crippen molar-refractivity contribution in [3.63, 3.8) is 0 Å². The fourth-order valence-corrected chi connectivity index (χ4v) is 2.61. The minimum absolute atomic E-state index is 0.0221. The summed E-state index contributed by atoms with van der Waals surface area (Å²) >= 11 is 0. The predicted octanol–water partition coefficient (Wildman–Crippen LogP) is 3.26. The highest BCUT2D eigenvalue weighted by Crippen LogP contribution is 2.35. The average molecular weight is 298 g/mol. The van der Waals surface area contributed by atoms with Crippen LogP contribution >= 0.6 is 0 Å². The van der Waals surface area contributed by atoms with Crippen LogP contribution < -0.4 is 10.1 Å². The number of carbonyl (C=O) groups is 1. The van der Waals surface area contributed by atoms with Gasteiger partial charge in [0.2, 0.25) is 0 Å². The van der Waals surface area contributed by atoms with Gasteiger partial charge < -0.3 is 20.1 Å². The van der Waals surface area contributed by atoms with E-state index in [0.717, 1.165) is 16.7 Å². The number of rotatable bonds is 3. The number of hydrogen-bond acceptors (Lipinski definition) is 3. The third-order valence-electron chi connectivity index (χ3n) is 3.92. The molecule has 114 valence electrons. The molecule has 2 aromatic carbocycles. The van der Waals surface area contributed by atoms with Crippen LogP contribution in [0.5, 0.6) is 11.5 Å². The number of carbonyl (C=O) groups excluding carboxylic acids is 1. The third kappa shape index (κ3) is 2.57. The number of nitrogens with one attached hydrogen (secondary N) is 1. The Labute approximate surface area is 129 Å². The molecule has 0 radical (unpaired) electrons. The molecule has 1 aliphatic rings. The van der Waals surface area contributed by atoms with Crippen LogP contribution in [0.3, 0.4) is 0 Å². The summed E-state index contributed by atoms with van der Waals surface area (Å²) in [5.41, 5.74) is 3.82. The number of aryl methyl sites for hydroxylation is 1. The van der Waals surface area contributed by atoms with E-state index in [0.29, 0.717) is 24.5 Å². The molecule has 0 aliphatic carbocycles. The first-order chi connectivity index (χ1) is 10.6. The molecule has 0 saturated heterocycles. The van der Waals surface area contributed by atoms with Gasteiger partial charge in [-0.1, -0.05) is 24.3 Å². The second-order valence-corrected chi connectivity index (χ2v) is 5.39. The fourth-order valence-electron chi connectivity index (χ4n) is 2.61. The molecule has 5 nitrogen and oxygen atoms in total. The van der Waals surface area contributed by atoms with Crippen molar-refractivity contribution >= 4 is 11.7 Å². The maximum atomic E-state index is 12.2. The van der Waals surface area contributed by atoms with Gasteiger partial charge >= 0.3 is 6.03 Å². The number of methoxy groups -OCH3 is 1. The molecule has 0 atom stereocenters. The Bertz CT molecular complexity index is 728. The van der Waals surface area contributed by atoms with Crippen LogP contribution in [0.25, 0.3) is 0 Å². The van der Waals surface area contributed by atoms with E-state index in [-0.39, 0.29) is 11.8 Å². The normalized spacial score (nSPS) is 13.5. The molecule has 3 rings (SSSR count). The highest BCUT2D eigenvalue weighted by atomic mass is 16.5. The fraction of sp³-hybridized carbons (Fsp3) is 0.235. The molecule has 0 aromatic heterocycles. The number of ether oxygens (including phenoxy) is 1. The van der Waals surface area contributed by atoms with Crippen LogP contribution in [-0.2, 0) is 13.1 Å². The van der Waals surface area contributed by atoms with Gasteiger partial charge in [-0.2, -0.15) is 0 Å². The van der Waals surface area contributed by atoms with Gasteiger partial charge in [0.25, 0.3) is 0 Å². The van der Waals surface area contributed by atoms with Gasteiger partial charge in [-0.25, -0.2) is 4.79 Å². The van der Waals surface area contributed by atoms with Crippen molar-refractivity contribution in [2.24, 2.45) is 0 Å². The molecular weight excluding hydrogens is 280 g/mol. The molecule has 1 heterocycles. The van der Waals surface area contributed by atoms with E-state index in [2.05, 4.69) is 5.32 Å². The van der Waals surface area contributed by atoms with E-state index in [1.165, 1.54) is 13.2 Å². The molecule has 2 amide bonds. The van der Waals surface area contributed by atoms with Crippen molar-refractivity contribution in [1.82, 2.24) is 4.90 Å². The van der Waals surface area contributed by atoms with Crippen molar-refractivity contribution in [2.45, 2.75) is 20.0 Å². The Morgan fingerprint density at radius 2 is 2.09 bits per heavy atom. The number of phenolic OH excluding ortho intramolecular Hbond substituents is 1. The summed E-state index contributed by atoms with van der Waals surface area (Å²) in [5, 5.41) is 12.6. The Hall–Kier alpha value is -2.69. The van der Waals surface area contributed by atoms with Crippen LogP contribution in [0.1, 0.15) is 16.7 Å². The monoisotopic (exact) mass is 298 g/mol. The summed E-state index contributed by atoms with van der Waals surface area (Å²) in [6.07, 6.45) is 0. The number of amides is 2. The van der Waals surface area contributed by atoms with Crippen LogP contribution in [0.15, 0.2) is 36.4 Å². The Morgan fingerprint density at radius 3 is 2.82 bits per heavy atom. The van der Waals surface area contributed by atoms with E-state index < -0.39 is 0 Å². The number of benzene rings is 2. The number of hydrogen-bond donors (Lipinski definition) is 2. The number of anilines is 1. The lowest BCUT2D eigenvalue weighted by Gasteiger charge is -2.30. The summed E-state index contributed by atoms with van der Waals surface area (Å²) in [6, 6.07) is 11.1. The average Bonchev–Trinajstić information content (AvgIpc) is 2.50. The van der Waals surface area contributed by atoms with Crippen LogP contribution in [0.4, 0.5) is 10.5 Å². The maximum Gasteiger partial charge on any atom is 0.322 e. The maximum absolute atomic E-state index is 12.2. The minimum atomic E-state index is -0.166. The van der Waals surface area contributed by atoms with Gasteiger partial charge in [0.15, 0.2) is 11.5 Å². The first-order valence-electron chi connectivity index (χ1n) is 7.09. The first kappa shape index (κ1) is 14.3. The van der Waals surface area contributed by atoms with E-state index >= 15 is 0 Å². The van der Waals surface area contributed by atoms with E-state index in [1.54, 1.807) is 11.0 Å². The summed E-state index contributed by atoms with van der Waals surface area (Å²) in [4.78, 5) is 14.0. The number of fused-ring (bicyclic) bond motifs is 1. The molecule has 0 spiro atoms. The lowest BCUT2D eigenvalue weighted by Crippen LogP contribution is -2.38. The minimum Gasteiger partial charge on any atom is -0.504 e. The summed E-state index contributed by atoms with van der Waals surface area (Å²) < 4.78 is 5.13. The van der Waals surface area contributed by atoms with Crippen molar-refractivity contribution < 1.29 is 14.6 Å². The van der Waals surface area contributed by atoms with Crippen LogP contribution in [0.2, 0.25) is 0 Å². The standard InChI is InChI=1S/C17H18N2O3/c1-11-5-3-4-6-12(11)9-19-10-13-7-16(22-2)15(20)8-14(13)18-17(19)21/h3-8,20H,9-10H2,1-2H3,(H,18,21). The molecule has 1 aliphatic heterocycles. The number of phenols is 1. The topological polar surface area (TPSA) is 61.8 Å². The first-order valence-corrected chi connectivity index (χ1v) is 7.09. The molecule has 0 unspecified atom stereocenters. The smallest absolute Gasteiger partial charge is 0.322 e. The Morgan fingerprint density at radius 1 is 1.32 bits per heavy atom. The van der Waals surface area contributed by atoms with E-state index in [4.69, 9.17) is 4.74 Å². The summed E-state index contributed by atoms with van der Waals surface area (Å²) in [5.74, 6) is 0.430. The van der Waals surface area contributed by atoms with Crippen molar-refractivity contribution in [3.05, 3.63) is 53.1 Å². The molecule has 0 bridgehead atoms. The number of aromatic hydroxyl groups is 1. The van der Waals surface area contributed by atoms with Crippen LogP contribution in [0, 0.1) is 6.92 Å². The molecule has 5 heteroatoms. The van der Waals surface area contributed by atoms with Gasteiger partial charge in [-0.3, -0.25) is 0 Å². The largest absolute Gasteiger partial charge is 0.504 e. The SMILES string of the molecule is COc1cc2c(cc1O)NC(=O)N(Cc1ccccc1C)C2. The molecular formula is C17H18N2O3. The summed E-state index contributed by atoms with van der Waals surface area (Å²) in [7, 11) is 1.51. The third-order valence-corrected chi connectivity index (χ3v) is 3.92. The molecule has 2 N–H and O–H groups in total. The zero-order chi connectivity index (χ0) is 15.7. The molecule has 0 saturated carbocycles. The van der Waals surface area contributed by atoms with Gasteiger partial charge in [0, 0.05) is 19.2 Å². The predicted molar refractivity (Wildman–Crippen MR) is 84.1 cm³/mol. The van der Waals surface area contributed by atoms with Crippen molar-refractivity contribution in [1.29, 1.82) is 0 Å². The quantitative estimate of drug-likeness (QED) is 0.914. The van der Waals surface area contributed by atoms with Gasteiger partial charge in [-0.05, 0) is 29.7 Å². The van der Waals surface area contributed by atoms with E-state index in [1.807, 2.05) is 31.2 Å². The zero-order valence-electron chi connectivity index (χ0n) is 12.6. The lowest BCUT2D eigenvalue weighted by atomic mass is 10.1. The number of nitrogens with zero attached hydrogens (tertiary/aromatic N) is 1. The highest BCUT2D eigenvalue weighted by molar-refractivity contribution is 5.92. The summed E-state index contributed by atoms with van der Waals surface area (Å²) in [6.45, 7) is 3.06. The Balaban J connectivity index is 1.87.